The Morgan fingerprint density at radius 1 is 1.17 bits per heavy atom. The summed E-state index contributed by atoms with van der Waals surface area (Å²) in [4.78, 5) is 12.3. The van der Waals surface area contributed by atoms with Gasteiger partial charge in [0.05, 0.1) is 12.7 Å². The Morgan fingerprint density at radius 3 is 2.52 bits per heavy atom. The van der Waals surface area contributed by atoms with Gasteiger partial charge in [-0.25, -0.2) is 8.78 Å². The van der Waals surface area contributed by atoms with Crippen LogP contribution in [0.1, 0.15) is 29.8 Å². The number of halogens is 2. The van der Waals surface area contributed by atoms with E-state index >= 15 is 0 Å². The number of hydrogen-bond acceptors (Lipinski definition) is 2. The lowest BCUT2D eigenvalue weighted by molar-refractivity contribution is 0.0941. The van der Waals surface area contributed by atoms with Crippen LogP contribution in [0.4, 0.5) is 8.78 Å². The Balaban J connectivity index is 2.16. The van der Waals surface area contributed by atoms with E-state index < -0.39 is 17.1 Å². The van der Waals surface area contributed by atoms with Crippen molar-refractivity contribution < 1.29 is 18.3 Å². The van der Waals surface area contributed by atoms with Gasteiger partial charge in [0.2, 0.25) is 0 Å². The van der Waals surface area contributed by atoms with E-state index in [9.17, 15) is 13.6 Å². The van der Waals surface area contributed by atoms with Crippen LogP contribution in [-0.2, 0) is 5.41 Å². The van der Waals surface area contributed by atoms with Crippen LogP contribution in [0.15, 0.2) is 42.5 Å². The molecule has 0 saturated carbocycles. The Labute approximate surface area is 134 Å². The molecular formula is C18H19F2NO2. The molecule has 0 fully saturated rings. The zero-order valence-corrected chi connectivity index (χ0v) is 13.3. The predicted octanol–water partition coefficient (Wildman–Crippen LogP) is 3.68. The predicted molar refractivity (Wildman–Crippen MR) is 84.7 cm³/mol. The first-order valence-corrected chi connectivity index (χ1v) is 7.22. The molecule has 3 nitrogen and oxygen atoms in total. The van der Waals surface area contributed by atoms with Crippen molar-refractivity contribution in [2.75, 3.05) is 13.7 Å². The highest BCUT2D eigenvalue weighted by Crippen LogP contribution is 2.25. The van der Waals surface area contributed by atoms with E-state index in [-0.39, 0.29) is 23.7 Å². The number of ether oxygens (including phenoxy) is 1. The van der Waals surface area contributed by atoms with Gasteiger partial charge in [-0.2, -0.15) is 0 Å². The molecular weight excluding hydrogens is 300 g/mol. The van der Waals surface area contributed by atoms with E-state index in [1.807, 2.05) is 13.8 Å². The summed E-state index contributed by atoms with van der Waals surface area (Å²) < 4.78 is 32.3. The van der Waals surface area contributed by atoms with Crippen LogP contribution in [0, 0.1) is 11.6 Å². The summed E-state index contributed by atoms with van der Waals surface area (Å²) >= 11 is 0. The van der Waals surface area contributed by atoms with Crippen molar-refractivity contribution in [2.24, 2.45) is 0 Å². The Bertz CT molecular complexity index is 714. The third kappa shape index (κ3) is 3.86. The molecule has 0 aliphatic carbocycles. The summed E-state index contributed by atoms with van der Waals surface area (Å²) in [5, 5.41) is 2.71. The maximum absolute atomic E-state index is 13.9. The smallest absolute Gasteiger partial charge is 0.255 e. The number of benzene rings is 2. The first kappa shape index (κ1) is 16.9. The van der Waals surface area contributed by atoms with Gasteiger partial charge in [0.25, 0.3) is 5.91 Å². The molecule has 0 unspecified atom stereocenters. The lowest BCUT2D eigenvalue weighted by Crippen LogP contribution is -2.37. The zero-order valence-electron chi connectivity index (χ0n) is 13.3. The summed E-state index contributed by atoms with van der Waals surface area (Å²) in [6.45, 7) is 3.86. The lowest BCUT2D eigenvalue weighted by atomic mass is 9.84. The minimum atomic E-state index is -0.610. The van der Waals surface area contributed by atoms with Gasteiger partial charge in [-0.1, -0.05) is 32.0 Å². The molecule has 0 bridgehead atoms. The third-order valence-electron chi connectivity index (χ3n) is 3.70. The van der Waals surface area contributed by atoms with Gasteiger partial charge >= 0.3 is 0 Å². The molecule has 0 spiro atoms. The number of nitrogens with one attached hydrogen (secondary N) is 1. The van der Waals surface area contributed by atoms with E-state index in [0.717, 1.165) is 6.07 Å². The van der Waals surface area contributed by atoms with Gasteiger partial charge in [0.15, 0.2) is 0 Å². The van der Waals surface area contributed by atoms with E-state index in [1.54, 1.807) is 18.2 Å². The molecule has 122 valence electrons. The van der Waals surface area contributed by atoms with Crippen LogP contribution in [0.25, 0.3) is 0 Å². The molecule has 2 aromatic rings. The van der Waals surface area contributed by atoms with Crippen LogP contribution < -0.4 is 10.1 Å². The normalized spacial score (nSPS) is 11.2. The largest absolute Gasteiger partial charge is 0.496 e. The molecule has 0 aromatic heterocycles. The zero-order chi connectivity index (χ0) is 17.0. The Hall–Kier alpha value is -2.43. The Morgan fingerprint density at radius 2 is 1.87 bits per heavy atom. The highest BCUT2D eigenvalue weighted by Gasteiger charge is 2.25. The molecule has 5 heteroatoms. The fraction of sp³-hybridized carbons (Fsp3) is 0.278. The van der Waals surface area contributed by atoms with E-state index in [1.165, 1.54) is 25.3 Å². The van der Waals surface area contributed by atoms with Crippen molar-refractivity contribution in [3.8, 4) is 5.75 Å². The van der Waals surface area contributed by atoms with Gasteiger partial charge in [-0.15, -0.1) is 0 Å². The average Bonchev–Trinajstić information content (AvgIpc) is 2.53. The van der Waals surface area contributed by atoms with Crippen LogP contribution in [-0.4, -0.2) is 19.6 Å². The van der Waals surface area contributed by atoms with Crippen molar-refractivity contribution in [3.63, 3.8) is 0 Å². The molecule has 2 rings (SSSR count). The van der Waals surface area contributed by atoms with E-state index in [4.69, 9.17) is 4.74 Å². The van der Waals surface area contributed by atoms with Gasteiger partial charge < -0.3 is 10.1 Å². The molecule has 0 saturated heterocycles. The quantitative estimate of drug-likeness (QED) is 0.913. The Kier molecular flexibility index (Phi) is 4.98. The molecule has 0 radical (unpaired) electrons. The minimum Gasteiger partial charge on any atom is -0.496 e. The molecule has 1 N–H and O–H groups in total. The van der Waals surface area contributed by atoms with Gasteiger partial charge in [0, 0.05) is 12.0 Å². The van der Waals surface area contributed by atoms with Crippen molar-refractivity contribution in [3.05, 3.63) is 65.2 Å². The molecule has 23 heavy (non-hydrogen) atoms. The van der Waals surface area contributed by atoms with E-state index in [2.05, 4.69) is 5.32 Å². The molecule has 2 aromatic carbocycles. The minimum absolute atomic E-state index is 0.108. The van der Waals surface area contributed by atoms with Crippen LogP contribution in [0.5, 0.6) is 5.75 Å². The molecule has 0 heterocycles. The standard InChI is InChI=1S/C18H19F2NO2/c1-18(2,14-6-4-5-7-15(14)20)11-21-17(22)13-10-12(19)8-9-16(13)23-3/h4-10H,11H2,1-3H3,(H,21,22). The number of carbonyl (C=O) groups excluding carboxylic acids is 1. The number of hydrogen-bond donors (Lipinski definition) is 1. The summed E-state index contributed by atoms with van der Waals surface area (Å²) in [7, 11) is 1.41. The highest BCUT2D eigenvalue weighted by atomic mass is 19.1. The molecule has 1 amide bonds. The van der Waals surface area contributed by atoms with Gasteiger partial charge in [-0.3, -0.25) is 4.79 Å². The summed E-state index contributed by atoms with van der Waals surface area (Å²) in [6.07, 6.45) is 0. The van der Waals surface area contributed by atoms with Crippen LogP contribution >= 0.6 is 0 Å². The SMILES string of the molecule is COc1ccc(F)cc1C(=O)NCC(C)(C)c1ccccc1F. The molecule has 0 aliphatic rings. The maximum Gasteiger partial charge on any atom is 0.255 e. The summed E-state index contributed by atoms with van der Waals surface area (Å²) in [5.41, 5.74) is 0.00464. The number of rotatable bonds is 5. The van der Waals surface area contributed by atoms with Gasteiger partial charge in [0.1, 0.15) is 17.4 Å². The maximum atomic E-state index is 13.9. The number of methoxy groups -OCH3 is 1. The fourth-order valence-electron chi connectivity index (χ4n) is 2.36. The first-order chi connectivity index (χ1) is 10.8. The van der Waals surface area contributed by atoms with Crippen LogP contribution in [0.2, 0.25) is 0 Å². The number of amides is 1. The summed E-state index contributed by atoms with van der Waals surface area (Å²) in [6, 6.07) is 10.2. The second-order valence-electron chi connectivity index (χ2n) is 5.89. The average molecular weight is 319 g/mol. The monoisotopic (exact) mass is 319 g/mol. The van der Waals surface area contributed by atoms with Gasteiger partial charge in [-0.05, 0) is 29.8 Å². The highest BCUT2D eigenvalue weighted by molar-refractivity contribution is 5.97. The molecule has 0 aliphatic heterocycles. The first-order valence-electron chi connectivity index (χ1n) is 7.22. The summed E-state index contributed by atoms with van der Waals surface area (Å²) in [5.74, 6) is -1.03. The van der Waals surface area contributed by atoms with Crippen molar-refractivity contribution in [1.29, 1.82) is 0 Å². The topological polar surface area (TPSA) is 38.3 Å². The molecule has 0 atom stereocenters. The van der Waals surface area contributed by atoms with E-state index in [0.29, 0.717) is 5.56 Å². The second-order valence-corrected chi connectivity index (χ2v) is 5.89. The second kappa shape index (κ2) is 6.77. The lowest BCUT2D eigenvalue weighted by Gasteiger charge is -2.26. The third-order valence-corrected chi connectivity index (χ3v) is 3.70. The van der Waals surface area contributed by atoms with Crippen molar-refractivity contribution in [2.45, 2.75) is 19.3 Å². The fourth-order valence-corrected chi connectivity index (χ4v) is 2.36. The van der Waals surface area contributed by atoms with Crippen LogP contribution in [0.3, 0.4) is 0 Å². The van der Waals surface area contributed by atoms with Crippen molar-refractivity contribution >= 4 is 5.91 Å². The number of carbonyl (C=O) groups is 1. The van der Waals surface area contributed by atoms with Crippen molar-refractivity contribution in [1.82, 2.24) is 5.32 Å².